The Morgan fingerprint density at radius 1 is 1.07 bits per heavy atom. The van der Waals surface area contributed by atoms with E-state index in [9.17, 15) is 19.8 Å². The molecule has 2 amide bonds. The van der Waals surface area contributed by atoms with Crippen LogP contribution in [-0.4, -0.2) is 81.9 Å². The lowest BCUT2D eigenvalue weighted by Crippen LogP contribution is -2.61. The van der Waals surface area contributed by atoms with Crippen LogP contribution >= 0.6 is 0 Å². The van der Waals surface area contributed by atoms with Crippen molar-refractivity contribution < 1.29 is 19.8 Å². The molecule has 0 radical (unpaired) electrons. The standard InChI is InChI=1S/C36H47N5O4/c1-36(2,15-14-26-11-8-16-37-22-26)40-35(45)31-23-38-17-18-41(31)24-29(42)20-28(19-25-9-4-3-5-10-25)34(44)39-33-30-13-7-6-12-27(30)21-32(33)43/h3-13,16,22,28-29,31-33,38,42-43H,14-15,17-21,23-24H2,1-2H3,(H,39,44)(H,40,45). The van der Waals surface area contributed by atoms with Gasteiger partial charge in [-0.2, -0.15) is 0 Å². The predicted octanol–water partition coefficient (Wildman–Crippen LogP) is 2.57. The van der Waals surface area contributed by atoms with Gasteiger partial charge < -0.3 is 26.2 Å². The lowest BCUT2D eigenvalue weighted by atomic mass is 9.91. The van der Waals surface area contributed by atoms with Crippen LogP contribution in [0.1, 0.15) is 55.0 Å². The fraction of sp³-hybridized carbons (Fsp3) is 0.472. The zero-order chi connectivity index (χ0) is 31.8. The highest BCUT2D eigenvalue weighted by atomic mass is 16.3. The number of pyridine rings is 1. The number of rotatable bonds is 13. The highest BCUT2D eigenvalue weighted by Crippen LogP contribution is 2.32. The zero-order valence-corrected chi connectivity index (χ0v) is 26.4. The van der Waals surface area contributed by atoms with Crippen molar-refractivity contribution in [3.8, 4) is 0 Å². The fourth-order valence-electron chi connectivity index (χ4n) is 6.58. The van der Waals surface area contributed by atoms with Crippen LogP contribution in [0.3, 0.4) is 0 Å². The number of nitrogens with one attached hydrogen (secondary N) is 3. The topological polar surface area (TPSA) is 127 Å². The smallest absolute Gasteiger partial charge is 0.239 e. The van der Waals surface area contributed by atoms with Gasteiger partial charge in [-0.15, -0.1) is 0 Å². The molecule has 45 heavy (non-hydrogen) atoms. The average Bonchev–Trinajstić information content (AvgIpc) is 3.35. The first-order valence-electron chi connectivity index (χ1n) is 16.1. The summed E-state index contributed by atoms with van der Waals surface area (Å²) >= 11 is 0. The van der Waals surface area contributed by atoms with Crippen molar-refractivity contribution in [1.82, 2.24) is 25.8 Å². The molecule has 1 aliphatic carbocycles. The number of aromatic nitrogens is 1. The lowest BCUT2D eigenvalue weighted by molar-refractivity contribution is -0.131. The van der Waals surface area contributed by atoms with E-state index in [0.717, 1.165) is 35.1 Å². The molecule has 2 heterocycles. The average molecular weight is 614 g/mol. The summed E-state index contributed by atoms with van der Waals surface area (Å²) in [5.41, 5.74) is 3.69. The van der Waals surface area contributed by atoms with Crippen molar-refractivity contribution in [3.63, 3.8) is 0 Å². The number of amides is 2. The van der Waals surface area contributed by atoms with Crippen molar-refractivity contribution in [1.29, 1.82) is 0 Å². The van der Waals surface area contributed by atoms with Gasteiger partial charge in [0.05, 0.1) is 18.2 Å². The zero-order valence-electron chi connectivity index (χ0n) is 26.4. The van der Waals surface area contributed by atoms with E-state index in [4.69, 9.17) is 0 Å². The molecule has 0 bridgehead atoms. The van der Waals surface area contributed by atoms with Gasteiger partial charge in [-0.25, -0.2) is 0 Å². The summed E-state index contributed by atoms with van der Waals surface area (Å²) in [7, 11) is 0. The second kappa shape index (κ2) is 15.1. The normalized spacial score (nSPS) is 21.5. The molecule has 0 saturated carbocycles. The van der Waals surface area contributed by atoms with Crippen LogP contribution in [0.2, 0.25) is 0 Å². The summed E-state index contributed by atoms with van der Waals surface area (Å²) in [4.78, 5) is 33.5. The third kappa shape index (κ3) is 8.98. The van der Waals surface area contributed by atoms with E-state index in [0.29, 0.717) is 32.5 Å². The Morgan fingerprint density at radius 3 is 2.60 bits per heavy atom. The first kappa shape index (κ1) is 32.8. The number of hydrogen-bond donors (Lipinski definition) is 5. The molecule has 1 fully saturated rings. The van der Waals surface area contributed by atoms with Crippen LogP contribution in [0.5, 0.6) is 0 Å². The highest BCUT2D eigenvalue weighted by Gasteiger charge is 2.36. The maximum Gasteiger partial charge on any atom is 0.239 e. The fourth-order valence-corrected chi connectivity index (χ4v) is 6.58. The molecule has 2 aromatic carbocycles. The molecule has 0 spiro atoms. The van der Waals surface area contributed by atoms with Gasteiger partial charge in [0.25, 0.3) is 0 Å². The number of carbonyl (C=O) groups excluding carboxylic acids is 2. The van der Waals surface area contributed by atoms with Crippen molar-refractivity contribution >= 4 is 11.8 Å². The van der Waals surface area contributed by atoms with E-state index in [1.54, 1.807) is 6.20 Å². The molecule has 9 heteroatoms. The van der Waals surface area contributed by atoms with Gasteiger partial charge in [0.2, 0.25) is 11.8 Å². The van der Waals surface area contributed by atoms with Crippen molar-refractivity contribution in [3.05, 3.63) is 101 Å². The van der Waals surface area contributed by atoms with Gasteiger partial charge in [0, 0.05) is 56.5 Å². The number of fused-ring (bicyclic) bond motifs is 1. The number of benzene rings is 2. The number of nitrogens with zero attached hydrogens (tertiary/aromatic N) is 2. The number of carbonyl (C=O) groups is 2. The SMILES string of the molecule is CC(C)(CCc1cccnc1)NC(=O)C1CNCCN1CC(O)CC(Cc1ccccc1)C(=O)NC1c2ccccc2CC1O. The Balaban J connectivity index is 1.22. The van der Waals surface area contributed by atoms with Crippen molar-refractivity contribution in [2.45, 2.75) is 75.8 Å². The molecule has 1 aromatic heterocycles. The molecule has 2 aliphatic rings. The van der Waals surface area contributed by atoms with Crippen molar-refractivity contribution in [2.24, 2.45) is 5.92 Å². The predicted molar refractivity (Wildman–Crippen MR) is 174 cm³/mol. The van der Waals surface area contributed by atoms with E-state index in [2.05, 4.69) is 20.9 Å². The third-order valence-electron chi connectivity index (χ3n) is 9.08. The number of piperazine rings is 1. The largest absolute Gasteiger partial charge is 0.392 e. The summed E-state index contributed by atoms with van der Waals surface area (Å²) in [6.45, 7) is 6.17. The minimum atomic E-state index is -0.822. The number of β-amino-alcohol motifs (C(OH)–C–C–N with tert-alkyl or cyclic N) is 1. The number of aliphatic hydroxyl groups excluding tert-OH is 2. The summed E-state index contributed by atoms with van der Waals surface area (Å²) in [6.07, 6.45) is 4.87. The molecule has 5 atom stereocenters. The Hall–Kier alpha value is -3.63. The second-order valence-corrected chi connectivity index (χ2v) is 13.2. The molecule has 9 nitrogen and oxygen atoms in total. The molecular weight excluding hydrogens is 566 g/mol. The van der Waals surface area contributed by atoms with Crippen LogP contribution in [0.15, 0.2) is 79.1 Å². The minimum absolute atomic E-state index is 0.0712. The van der Waals surface area contributed by atoms with Crippen LogP contribution in [-0.2, 0) is 28.9 Å². The van der Waals surface area contributed by atoms with Crippen LogP contribution in [0.4, 0.5) is 0 Å². The van der Waals surface area contributed by atoms with E-state index in [1.165, 1.54) is 0 Å². The Labute approximate surface area is 266 Å². The van der Waals surface area contributed by atoms with Crippen molar-refractivity contribution in [2.75, 3.05) is 26.2 Å². The maximum atomic E-state index is 13.8. The summed E-state index contributed by atoms with van der Waals surface area (Å²) in [6, 6.07) is 20.6. The second-order valence-electron chi connectivity index (χ2n) is 13.2. The lowest BCUT2D eigenvalue weighted by Gasteiger charge is -2.38. The molecule has 1 saturated heterocycles. The van der Waals surface area contributed by atoms with E-state index in [-0.39, 0.29) is 24.8 Å². The minimum Gasteiger partial charge on any atom is -0.392 e. The number of aliphatic hydroxyl groups is 2. The van der Waals surface area contributed by atoms with Crippen LogP contribution in [0.25, 0.3) is 0 Å². The Bertz CT molecular complexity index is 1400. The van der Waals surface area contributed by atoms with Gasteiger partial charge in [-0.1, -0.05) is 60.7 Å². The summed E-state index contributed by atoms with van der Waals surface area (Å²) in [5, 5.41) is 31.8. The van der Waals surface area contributed by atoms with E-state index >= 15 is 0 Å². The number of hydrogen-bond acceptors (Lipinski definition) is 7. The molecular formula is C36H47N5O4. The van der Waals surface area contributed by atoms with Gasteiger partial charge in [0.15, 0.2) is 0 Å². The van der Waals surface area contributed by atoms with Gasteiger partial charge in [0.1, 0.15) is 6.04 Å². The quantitative estimate of drug-likeness (QED) is 0.201. The molecule has 5 N–H and O–H groups in total. The van der Waals surface area contributed by atoms with Gasteiger partial charge in [-0.3, -0.25) is 19.5 Å². The van der Waals surface area contributed by atoms with Gasteiger partial charge in [-0.05, 0) is 67.9 Å². The third-order valence-corrected chi connectivity index (χ3v) is 9.08. The molecule has 1 aliphatic heterocycles. The highest BCUT2D eigenvalue weighted by molar-refractivity contribution is 5.83. The van der Waals surface area contributed by atoms with Crippen LogP contribution < -0.4 is 16.0 Å². The van der Waals surface area contributed by atoms with E-state index < -0.39 is 35.7 Å². The summed E-state index contributed by atoms with van der Waals surface area (Å²) in [5.74, 6) is -0.773. The van der Waals surface area contributed by atoms with Gasteiger partial charge >= 0.3 is 0 Å². The van der Waals surface area contributed by atoms with E-state index in [1.807, 2.05) is 91.7 Å². The monoisotopic (exact) mass is 613 g/mol. The molecule has 240 valence electrons. The summed E-state index contributed by atoms with van der Waals surface area (Å²) < 4.78 is 0. The molecule has 5 rings (SSSR count). The molecule has 3 aromatic rings. The molecule has 5 unspecified atom stereocenters. The first-order chi connectivity index (χ1) is 21.7. The number of aryl methyl sites for hydroxylation is 1. The Morgan fingerprint density at radius 2 is 1.82 bits per heavy atom. The maximum absolute atomic E-state index is 13.8. The first-order valence-corrected chi connectivity index (χ1v) is 16.1. The van der Waals surface area contributed by atoms with Crippen LogP contribution in [0, 0.1) is 5.92 Å². The Kier molecular flexibility index (Phi) is 11.0.